The molecule has 0 spiro atoms. The molecule has 9 heavy (non-hydrogen) atoms. The molecule has 3 heteroatoms. The van der Waals surface area contributed by atoms with Crippen LogP contribution in [0.15, 0.2) is 11.6 Å². The molecule has 0 radical (unpaired) electrons. The van der Waals surface area contributed by atoms with Crippen molar-refractivity contribution in [1.82, 2.24) is 0 Å². The standard InChI is InChI=1S/C6H12.I3/c1-4-6(3)5-2;1-3-2/h4H,5H2,1-3H3;/q;-1. The third-order valence-electron chi connectivity index (χ3n) is 1.05. The molecular weight excluding hydrogens is 453 g/mol. The van der Waals surface area contributed by atoms with Crippen molar-refractivity contribution >= 4 is 37.2 Å². The van der Waals surface area contributed by atoms with E-state index in [0.717, 1.165) is 0 Å². The summed E-state index contributed by atoms with van der Waals surface area (Å²) in [5, 5.41) is 0. The molecule has 0 N–H and O–H groups in total. The van der Waals surface area contributed by atoms with Gasteiger partial charge in [-0.1, -0.05) is 18.6 Å². The first kappa shape index (κ1) is 13.5. The van der Waals surface area contributed by atoms with E-state index in [9.17, 15) is 0 Å². The van der Waals surface area contributed by atoms with Crippen molar-refractivity contribution in [1.29, 1.82) is 0 Å². The van der Waals surface area contributed by atoms with Crippen LogP contribution in [-0.2, 0) is 0 Å². The zero-order valence-electron chi connectivity index (χ0n) is 5.92. The molecule has 0 nitrogen and oxygen atoms in total. The van der Waals surface area contributed by atoms with Gasteiger partial charge in [0.25, 0.3) is 0 Å². The molecule has 0 aliphatic carbocycles. The van der Waals surface area contributed by atoms with Gasteiger partial charge in [0, 0.05) is 0 Å². The minimum absolute atomic E-state index is 0.530. The molecule has 0 saturated heterocycles. The molecule has 0 atom stereocenters. The van der Waals surface area contributed by atoms with Gasteiger partial charge in [-0.2, -0.15) is 0 Å². The van der Waals surface area contributed by atoms with Crippen molar-refractivity contribution in [2.45, 2.75) is 27.2 Å². The predicted octanol–water partition coefficient (Wildman–Crippen LogP) is 1.14. The first-order valence-electron chi connectivity index (χ1n) is 2.71. The van der Waals surface area contributed by atoms with Crippen molar-refractivity contribution in [2.24, 2.45) is 0 Å². The zero-order chi connectivity index (χ0) is 7.70. The van der Waals surface area contributed by atoms with E-state index < -0.39 is 0 Å². The van der Waals surface area contributed by atoms with Gasteiger partial charge < -0.3 is 0 Å². The van der Waals surface area contributed by atoms with Crippen LogP contribution in [0.1, 0.15) is 27.2 Å². The molecule has 0 aromatic heterocycles. The number of hydrogen-bond acceptors (Lipinski definition) is 0. The van der Waals surface area contributed by atoms with Crippen LogP contribution in [0.2, 0.25) is 0 Å². The Kier molecular flexibility index (Phi) is 18.9. The quantitative estimate of drug-likeness (QED) is 0.403. The average Bonchev–Trinajstić information content (AvgIpc) is 1.88. The molecule has 0 saturated carbocycles. The second kappa shape index (κ2) is 12.6. The molecule has 0 rings (SSSR count). The Morgan fingerprint density at radius 2 is 1.89 bits per heavy atom. The average molecular weight is 465 g/mol. The summed E-state index contributed by atoms with van der Waals surface area (Å²) in [7, 11) is 0. The van der Waals surface area contributed by atoms with Crippen LogP contribution in [0.5, 0.6) is 0 Å². The Bertz CT molecular complexity index is 68.7. The summed E-state index contributed by atoms with van der Waals surface area (Å²) in [5.41, 5.74) is 1.47. The van der Waals surface area contributed by atoms with Crippen molar-refractivity contribution in [3.05, 3.63) is 11.6 Å². The second-order valence-electron chi connectivity index (χ2n) is 1.54. The monoisotopic (exact) mass is 465 g/mol. The zero-order valence-corrected chi connectivity index (χ0v) is 12.4. The molecule has 0 fully saturated rings. The van der Waals surface area contributed by atoms with E-state index in [2.05, 4.69) is 64.1 Å². The molecule has 0 aromatic rings. The summed E-state index contributed by atoms with van der Waals surface area (Å²) in [6.45, 7) is 6.37. The van der Waals surface area contributed by atoms with E-state index in [1.807, 2.05) is 0 Å². The molecule has 0 aromatic carbocycles. The van der Waals surface area contributed by atoms with Gasteiger partial charge >= 0.3 is 50.5 Å². The third-order valence-corrected chi connectivity index (χ3v) is 1.05. The van der Waals surface area contributed by atoms with Crippen LogP contribution in [0.3, 0.4) is 0 Å². The molecule has 0 heterocycles. The van der Waals surface area contributed by atoms with E-state index in [-0.39, 0.29) is 0 Å². The Balaban J connectivity index is 0. The first-order valence-corrected chi connectivity index (χ1v) is 15.3. The van der Waals surface area contributed by atoms with E-state index >= 15 is 0 Å². The van der Waals surface area contributed by atoms with Crippen LogP contribution in [-0.4, -0.2) is 0 Å². The Morgan fingerprint density at radius 3 is 1.89 bits per heavy atom. The SMILES string of the molecule is CC=C(C)CC.I[I-]I. The van der Waals surface area contributed by atoms with Crippen molar-refractivity contribution in [3.8, 4) is 0 Å². The van der Waals surface area contributed by atoms with Gasteiger partial charge in [0.05, 0.1) is 0 Å². The maximum atomic E-state index is 2.39. The topological polar surface area (TPSA) is 0 Å². The fraction of sp³-hybridized carbons (Fsp3) is 0.667. The summed E-state index contributed by atoms with van der Waals surface area (Å²) in [5.74, 6) is 0. The predicted molar refractivity (Wildman–Crippen MR) is 57.8 cm³/mol. The summed E-state index contributed by atoms with van der Waals surface area (Å²) in [6, 6.07) is 0. The Morgan fingerprint density at radius 1 is 1.56 bits per heavy atom. The van der Waals surface area contributed by atoms with E-state index in [1.54, 1.807) is 0 Å². The normalized spacial score (nSPS) is 10.6. The van der Waals surface area contributed by atoms with Crippen molar-refractivity contribution in [2.75, 3.05) is 0 Å². The second-order valence-corrected chi connectivity index (χ2v) is 17.8. The van der Waals surface area contributed by atoms with Crippen LogP contribution in [0.4, 0.5) is 0 Å². The molecule has 0 aliphatic heterocycles. The fourth-order valence-electron chi connectivity index (χ4n) is 0.204. The van der Waals surface area contributed by atoms with Crippen molar-refractivity contribution in [3.63, 3.8) is 0 Å². The van der Waals surface area contributed by atoms with Gasteiger partial charge in [0.2, 0.25) is 0 Å². The fourth-order valence-corrected chi connectivity index (χ4v) is 0.204. The molecule has 58 valence electrons. The maximum absolute atomic E-state index is 2.39. The number of halogens is 3. The van der Waals surface area contributed by atoms with E-state index in [4.69, 9.17) is 0 Å². The van der Waals surface area contributed by atoms with Crippen LogP contribution in [0.25, 0.3) is 0 Å². The van der Waals surface area contributed by atoms with Gasteiger partial charge in [0.15, 0.2) is 0 Å². The van der Waals surface area contributed by atoms with Gasteiger partial charge in [-0.15, -0.1) is 0 Å². The Hall–Kier alpha value is 1.93. The third kappa shape index (κ3) is 17.8. The number of allylic oxidation sites excluding steroid dienone is 2. The van der Waals surface area contributed by atoms with E-state index in [1.165, 1.54) is 12.0 Å². The van der Waals surface area contributed by atoms with Crippen LogP contribution >= 0.6 is 37.2 Å². The Labute approximate surface area is 87.9 Å². The van der Waals surface area contributed by atoms with Crippen LogP contribution in [0, 0.1) is 0 Å². The summed E-state index contributed by atoms with van der Waals surface area (Å²) in [4.78, 5) is 0. The number of rotatable bonds is 1. The summed E-state index contributed by atoms with van der Waals surface area (Å²) < 4.78 is 0. The minimum atomic E-state index is 0.530. The van der Waals surface area contributed by atoms with Crippen LogP contribution < -0.4 is 13.3 Å². The van der Waals surface area contributed by atoms with Gasteiger partial charge in [-0.25, -0.2) is 0 Å². The summed E-state index contributed by atoms with van der Waals surface area (Å²) in [6.07, 6.45) is 3.33. The van der Waals surface area contributed by atoms with E-state index in [0.29, 0.717) is 13.3 Å². The molecular formula is C6H12I3-. The van der Waals surface area contributed by atoms with Gasteiger partial charge in [-0.05, 0) is 20.3 Å². The molecule has 0 unspecified atom stereocenters. The van der Waals surface area contributed by atoms with Crippen molar-refractivity contribution < 1.29 is 13.3 Å². The van der Waals surface area contributed by atoms with Gasteiger partial charge in [-0.3, -0.25) is 0 Å². The molecule has 0 amide bonds. The van der Waals surface area contributed by atoms with Gasteiger partial charge in [0.1, 0.15) is 0 Å². The molecule has 0 aliphatic rings. The first-order chi connectivity index (χ1) is 4.22. The molecule has 0 bridgehead atoms. The summed E-state index contributed by atoms with van der Waals surface area (Å²) >= 11 is 5.30. The number of hydrogen-bond donors (Lipinski definition) is 0.